The monoisotopic (exact) mass is 151 g/mol. The van der Waals surface area contributed by atoms with Crippen LogP contribution in [0.25, 0.3) is 0 Å². The van der Waals surface area contributed by atoms with Crippen molar-refractivity contribution in [2.45, 2.75) is 20.4 Å². The van der Waals surface area contributed by atoms with Crippen LogP contribution >= 0.6 is 0 Å². The molecule has 0 unspecified atom stereocenters. The van der Waals surface area contributed by atoms with Gasteiger partial charge in [-0.2, -0.15) is 0 Å². The lowest BCUT2D eigenvalue weighted by Gasteiger charge is -2.01. The molecule has 0 aliphatic rings. The molecule has 1 aromatic rings. The van der Waals surface area contributed by atoms with Gasteiger partial charge in [-0.05, 0) is 13.8 Å². The molecule has 60 valence electrons. The van der Waals surface area contributed by atoms with Gasteiger partial charge in [0, 0.05) is 26.0 Å². The maximum absolute atomic E-state index is 4.19. The van der Waals surface area contributed by atoms with Crippen LogP contribution in [0, 0.1) is 0 Å². The molecule has 0 aliphatic heterocycles. The first kappa shape index (κ1) is 7.98. The van der Waals surface area contributed by atoms with E-state index in [4.69, 9.17) is 0 Å². The summed E-state index contributed by atoms with van der Waals surface area (Å²) in [7, 11) is 1.78. The number of aryl methyl sites for hydroxylation is 1. The highest BCUT2D eigenvalue weighted by Gasteiger charge is 2.02. The van der Waals surface area contributed by atoms with E-state index in [9.17, 15) is 0 Å². The lowest BCUT2D eigenvalue weighted by Crippen LogP contribution is -2.06. The third-order valence-electron chi connectivity index (χ3n) is 1.72. The number of imidazole rings is 1. The summed E-state index contributed by atoms with van der Waals surface area (Å²) in [5.41, 5.74) is 0.983. The van der Waals surface area contributed by atoms with Gasteiger partial charge in [0.1, 0.15) is 0 Å². The summed E-state index contributed by atoms with van der Waals surface area (Å²) in [6.45, 7) is 5.00. The third kappa shape index (κ3) is 1.48. The second-order valence-electron chi connectivity index (χ2n) is 2.35. The van der Waals surface area contributed by atoms with Crippen LogP contribution in [0.15, 0.2) is 17.4 Å². The van der Waals surface area contributed by atoms with Gasteiger partial charge in [0.05, 0.1) is 5.71 Å². The van der Waals surface area contributed by atoms with Crippen LogP contribution in [0.4, 0.5) is 0 Å². The molecule has 0 radical (unpaired) electrons. The van der Waals surface area contributed by atoms with E-state index in [1.807, 2.05) is 13.1 Å². The Hall–Kier alpha value is -1.12. The zero-order chi connectivity index (χ0) is 8.27. The normalized spacial score (nSPS) is 12.1. The molecule has 1 rings (SSSR count). The van der Waals surface area contributed by atoms with E-state index >= 15 is 0 Å². The Bertz CT molecular complexity index is 260. The van der Waals surface area contributed by atoms with Crippen LogP contribution in [0.1, 0.15) is 19.7 Å². The van der Waals surface area contributed by atoms with E-state index in [1.54, 1.807) is 13.2 Å². The zero-order valence-corrected chi connectivity index (χ0v) is 7.20. The molecule has 3 heteroatoms. The van der Waals surface area contributed by atoms with E-state index < -0.39 is 0 Å². The Labute approximate surface area is 66.8 Å². The van der Waals surface area contributed by atoms with E-state index in [1.165, 1.54) is 0 Å². The molecule has 1 heterocycles. The van der Waals surface area contributed by atoms with Crippen molar-refractivity contribution in [1.82, 2.24) is 9.55 Å². The number of hydrogen-bond acceptors (Lipinski definition) is 2. The molecule has 0 spiro atoms. The van der Waals surface area contributed by atoms with Crippen molar-refractivity contribution in [3.63, 3.8) is 0 Å². The number of aromatic nitrogens is 2. The average Bonchev–Trinajstić information content (AvgIpc) is 2.50. The van der Waals surface area contributed by atoms with Crippen molar-refractivity contribution >= 4 is 5.71 Å². The van der Waals surface area contributed by atoms with Crippen LogP contribution in [-0.2, 0) is 6.54 Å². The summed E-state index contributed by atoms with van der Waals surface area (Å²) < 4.78 is 2.07. The highest BCUT2D eigenvalue weighted by molar-refractivity contribution is 5.95. The fraction of sp³-hybridized carbons (Fsp3) is 0.500. The number of hydrogen-bond donors (Lipinski definition) is 0. The van der Waals surface area contributed by atoms with Crippen LogP contribution in [0.5, 0.6) is 0 Å². The highest BCUT2D eigenvalue weighted by Crippen LogP contribution is 1.98. The standard InChI is InChI=1S/C8H13N3/c1-4-11-6-5-10-8(11)7(2)9-3/h5-6H,4H2,1-3H3. The van der Waals surface area contributed by atoms with Gasteiger partial charge in [0.15, 0.2) is 5.82 Å². The quantitative estimate of drug-likeness (QED) is 0.587. The first-order valence-corrected chi connectivity index (χ1v) is 3.74. The summed E-state index contributed by atoms with van der Waals surface area (Å²) in [6.07, 6.45) is 3.76. The van der Waals surface area contributed by atoms with E-state index in [0.29, 0.717) is 0 Å². The largest absolute Gasteiger partial charge is 0.330 e. The molecule has 0 aliphatic carbocycles. The SMILES string of the molecule is CCn1ccnc1C(C)=NC. The predicted octanol–water partition coefficient (Wildman–Crippen LogP) is 1.34. The van der Waals surface area contributed by atoms with Gasteiger partial charge >= 0.3 is 0 Å². The summed E-state index contributed by atoms with van der Waals surface area (Å²) >= 11 is 0. The topological polar surface area (TPSA) is 30.2 Å². The molecule has 0 fully saturated rings. The van der Waals surface area contributed by atoms with Gasteiger partial charge in [-0.15, -0.1) is 0 Å². The van der Waals surface area contributed by atoms with Crippen molar-refractivity contribution in [1.29, 1.82) is 0 Å². The van der Waals surface area contributed by atoms with E-state index in [2.05, 4.69) is 21.5 Å². The van der Waals surface area contributed by atoms with Gasteiger partial charge < -0.3 is 4.57 Å². The van der Waals surface area contributed by atoms with Gasteiger partial charge in [0.2, 0.25) is 0 Å². The van der Waals surface area contributed by atoms with Crippen LogP contribution in [0.2, 0.25) is 0 Å². The van der Waals surface area contributed by atoms with Crippen molar-refractivity contribution in [3.05, 3.63) is 18.2 Å². The van der Waals surface area contributed by atoms with Crippen LogP contribution in [0.3, 0.4) is 0 Å². The fourth-order valence-corrected chi connectivity index (χ4v) is 0.986. The smallest absolute Gasteiger partial charge is 0.153 e. The fourth-order valence-electron chi connectivity index (χ4n) is 0.986. The molecule has 0 N–H and O–H groups in total. The molecule has 11 heavy (non-hydrogen) atoms. The lowest BCUT2D eigenvalue weighted by molar-refractivity contribution is 0.752. The van der Waals surface area contributed by atoms with Crippen molar-refractivity contribution in [2.24, 2.45) is 4.99 Å². The number of nitrogens with zero attached hydrogens (tertiary/aromatic N) is 3. The first-order chi connectivity index (χ1) is 5.29. The first-order valence-electron chi connectivity index (χ1n) is 3.74. The molecule has 0 saturated heterocycles. The van der Waals surface area contributed by atoms with E-state index in [-0.39, 0.29) is 0 Å². The minimum absolute atomic E-state index is 0.947. The highest BCUT2D eigenvalue weighted by atomic mass is 15.1. The molecule has 0 aromatic carbocycles. The molecule has 0 atom stereocenters. The van der Waals surface area contributed by atoms with E-state index in [0.717, 1.165) is 18.1 Å². The molecule has 0 bridgehead atoms. The summed E-state index contributed by atoms with van der Waals surface area (Å²) in [4.78, 5) is 8.26. The van der Waals surface area contributed by atoms with Crippen molar-refractivity contribution < 1.29 is 0 Å². The third-order valence-corrected chi connectivity index (χ3v) is 1.72. The summed E-state index contributed by atoms with van der Waals surface area (Å²) in [5.74, 6) is 0.968. The second kappa shape index (κ2) is 3.32. The molecular weight excluding hydrogens is 138 g/mol. The van der Waals surface area contributed by atoms with Gasteiger partial charge in [-0.25, -0.2) is 4.98 Å². The maximum Gasteiger partial charge on any atom is 0.153 e. The molecule has 1 aromatic heterocycles. The zero-order valence-electron chi connectivity index (χ0n) is 7.20. The Morgan fingerprint density at radius 2 is 2.45 bits per heavy atom. The Kier molecular flexibility index (Phi) is 2.41. The molecular formula is C8H13N3. The molecule has 3 nitrogen and oxygen atoms in total. The molecule has 0 saturated carbocycles. The van der Waals surface area contributed by atoms with Gasteiger partial charge in [-0.1, -0.05) is 0 Å². The lowest BCUT2D eigenvalue weighted by atomic mass is 10.4. The Morgan fingerprint density at radius 1 is 1.73 bits per heavy atom. The summed E-state index contributed by atoms with van der Waals surface area (Å²) in [5, 5.41) is 0. The van der Waals surface area contributed by atoms with Crippen LogP contribution < -0.4 is 0 Å². The minimum Gasteiger partial charge on any atom is -0.330 e. The maximum atomic E-state index is 4.19. The Balaban J connectivity index is 3.02. The number of rotatable bonds is 2. The molecule has 0 amide bonds. The van der Waals surface area contributed by atoms with Crippen molar-refractivity contribution in [2.75, 3.05) is 7.05 Å². The van der Waals surface area contributed by atoms with Crippen molar-refractivity contribution in [3.8, 4) is 0 Å². The summed E-state index contributed by atoms with van der Waals surface area (Å²) in [6, 6.07) is 0. The number of aliphatic imine (C=N–C) groups is 1. The average molecular weight is 151 g/mol. The van der Waals surface area contributed by atoms with Crippen LogP contribution in [-0.4, -0.2) is 22.3 Å². The minimum atomic E-state index is 0.947. The predicted molar refractivity (Wildman–Crippen MR) is 46.0 cm³/mol. The van der Waals surface area contributed by atoms with Gasteiger partial charge in [0.25, 0.3) is 0 Å². The Morgan fingerprint density at radius 3 is 3.00 bits per heavy atom. The second-order valence-corrected chi connectivity index (χ2v) is 2.35. The van der Waals surface area contributed by atoms with Gasteiger partial charge in [-0.3, -0.25) is 4.99 Å².